The molecule has 2 rings (SSSR count). The number of rotatable bonds is 3. The van der Waals surface area contributed by atoms with Gasteiger partial charge in [-0.05, 0) is 37.0 Å². The molecule has 1 aliphatic heterocycles. The van der Waals surface area contributed by atoms with Crippen LogP contribution in [0.3, 0.4) is 0 Å². The molecule has 1 aromatic rings. The number of carbonyl (C=O) groups is 1. The third kappa shape index (κ3) is 2.20. The lowest BCUT2D eigenvalue weighted by atomic mass is 9.96. The number of hydrogen-bond donors (Lipinski definition) is 1. The van der Waals surface area contributed by atoms with Crippen LogP contribution in [-0.2, 0) is 11.2 Å². The summed E-state index contributed by atoms with van der Waals surface area (Å²) in [5.41, 5.74) is 3.14. The molecular formula is C14H19NO2. The quantitative estimate of drug-likeness (QED) is 0.871. The number of aliphatic hydroxyl groups is 1. The van der Waals surface area contributed by atoms with Crippen LogP contribution in [0, 0.1) is 0 Å². The van der Waals surface area contributed by atoms with Crippen LogP contribution in [0.1, 0.15) is 43.9 Å². The maximum atomic E-state index is 11.7. The summed E-state index contributed by atoms with van der Waals surface area (Å²) in [7, 11) is 0. The van der Waals surface area contributed by atoms with Crippen LogP contribution in [0.15, 0.2) is 18.2 Å². The monoisotopic (exact) mass is 233 g/mol. The highest BCUT2D eigenvalue weighted by molar-refractivity contribution is 5.96. The number of anilines is 1. The molecule has 0 aliphatic carbocycles. The maximum absolute atomic E-state index is 11.7. The Hall–Kier alpha value is -1.35. The van der Waals surface area contributed by atoms with Crippen LogP contribution in [0.5, 0.6) is 0 Å². The van der Waals surface area contributed by atoms with E-state index in [-0.39, 0.29) is 5.91 Å². The molecular weight excluding hydrogens is 214 g/mol. The molecule has 1 aromatic carbocycles. The Balaban J connectivity index is 2.37. The predicted molar refractivity (Wildman–Crippen MR) is 68.0 cm³/mol. The second-order valence-electron chi connectivity index (χ2n) is 4.45. The molecule has 17 heavy (non-hydrogen) atoms. The Kier molecular flexibility index (Phi) is 3.48. The molecule has 3 heteroatoms. The minimum absolute atomic E-state index is 0.198. The van der Waals surface area contributed by atoms with Gasteiger partial charge in [0, 0.05) is 18.7 Å². The van der Waals surface area contributed by atoms with Gasteiger partial charge in [-0.2, -0.15) is 0 Å². The summed E-state index contributed by atoms with van der Waals surface area (Å²) in [6, 6.07) is 5.93. The normalized spacial score (nSPS) is 16.9. The fraction of sp³-hybridized carbons (Fsp3) is 0.500. The molecule has 0 radical (unpaired) electrons. The van der Waals surface area contributed by atoms with Gasteiger partial charge in [0.15, 0.2) is 0 Å². The van der Waals surface area contributed by atoms with Crippen molar-refractivity contribution in [1.82, 2.24) is 0 Å². The van der Waals surface area contributed by atoms with Crippen LogP contribution < -0.4 is 4.90 Å². The highest BCUT2D eigenvalue weighted by Crippen LogP contribution is 2.30. The van der Waals surface area contributed by atoms with Crippen LogP contribution in [0.25, 0.3) is 0 Å². The van der Waals surface area contributed by atoms with E-state index in [0.717, 1.165) is 24.1 Å². The van der Waals surface area contributed by atoms with Gasteiger partial charge in [-0.25, -0.2) is 0 Å². The predicted octanol–water partition coefficient (Wildman–Crippen LogP) is 2.43. The van der Waals surface area contributed by atoms with E-state index in [1.165, 1.54) is 5.56 Å². The van der Waals surface area contributed by atoms with Gasteiger partial charge in [0.25, 0.3) is 0 Å². The van der Waals surface area contributed by atoms with Gasteiger partial charge in [-0.3, -0.25) is 4.79 Å². The zero-order chi connectivity index (χ0) is 12.4. The molecule has 0 bridgehead atoms. The average Bonchev–Trinajstić information content (AvgIpc) is 2.37. The smallest absolute Gasteiger partial charge is 0.227 e. The lowest BCUT2D eigenvalue weighted by Gasteiger charge is -2.29. The minimum atomic E-state index is -0.395. The first-order valence-corrected chi connectivity index (χ1v) is 6.28. The highest BCUT2D eigenvalue weighted by atomic mass is 16.3. The number of hydrogen-bond acceptors (Lipinski definition) is 2. The van der Waals surface area contributed by atoms with Gasteiger partial charge in [0.1, 0.15) is 0 Å². The van der Waals surface area contributed by atoms with Crippen molar-refractivity contribution in [3.05, 3.63) is 29.3 Å². The van der Waals surface area contributed by atoms with Crippen LogP contribution >= 0.6 is 0 Å². The number of aryl methyl sites for hydroxylation is 1. The molecule has 1 atom stereocenters. The molecule has 92 valence electrons. The van der Waals surface area contributed by atoms with Gasteiger partial charge in [-0.15, -0.1) is 0 Å². The standard InChI is InChI=1S/C14H19NO2/c1-3-13(16)11-5-7-12-10(9-11)6-8-14(17)15(12)4-2/h5,7,9,13,16H,3-4,6,8H2,1-2H3. The van der Waals surface area contributed by atoms with Crippen molar-refractivity contribution in [3.63, 3.8) is 0 Å². The number of amides is 1. The van der Waals surface area contributed by atoms with Crippen molar-refractivity contribution in [1.29, 1.82) is 0 Å². The van der Waals surface area contributed by atoms with E-state index < -0.39 is 6.10 Å². The van der Waals surface area contributed by atoms with Crippen molar-refractivity contribution in [2.75, 3.05) is 11.4 Å². The number of benzene rings is 1. The Morgan fingerprint density at radius 1 is 1.35 bits per heavy atom. The number of aliphatic hydroxyl groups excluding tert-OH is 1. The summed E-state index contributed by atoms with van der Waals surface area (Å²) < 4.78 is 0. The largest absolute Gasteiger partial charge is 0.388 e. The number of nitrogens with zero attached hydrogens (tertiary/aromatic N) is 1. The molecule has 0 aromatic heterocycles. The lowest BCUT2D eigenvalue weighted by molar-refractivity contribution is -0.118. The van der Waals surface area contributed by atoms with Crippen molar-refractivity contribution < 1.29 is 9.90 Å². The minimum Gasteiger partial charge on any atom is -0.388 e. The van der Waals surface area contributed by atoms with Gasteiger partial charge < -0.3 is 10.0 Å². The summed E-state index contributed by atoms with van der Waals surface area (Å²) in [6.07, 6.45) is 1.68. The molecule has 1 amide bonds. The molecule has 1 heterocycles. The van der Waals surface area contributed by atoms with E-state index >= 15 is 0 Å². The molecule has 0 spiro atoms. The van der Waals surface area contributed by atoms with E-state index in [9.17, 15) is 9.90 Å². The molecule has 1 N–H and O–H groups in total. The van der Waals surface area contributed by atoms with E-state index in [1.54, 1.807) is 0 Å². The summed E-state index contributed by atoms with van der Waals surface area (Å²) >= 11 is 0. The van der Waals surface area contributed by atoms with Crippen molar-refractivity contribution in [3.8, 4) is 0 Å². The summed E-state index contributed by atoms with van der Waals surface area (Å²) in [5, 5.41) is 9.83. The van der Waals surface area contributed by atoms with Crippen molar-refractivity contribution in [2.45, 2.75) is 39.2 Å². The average molecular weight is 233 g/mol. The summed E-state index contributed by atoms with van der Waals surface area (Å²) in [4.78, 5) is 13.6. The Morgan fingerprint density at radius 2 is 2.12 bits per heavy atom. The zero-order valence-electron chi connectivity index (χ0n) is 10.4. The lowest BCUT2D eigenvalue weighted by Crippen LogP contribution is -2.34. The van der Waals surface area contributed by atoms with Crippen molar-refractivity contribution >= 4 is 11.6 Å². The van der Waals surface area contributed by atoms with Gasteiger partial charge in [0.2, 0.25) is 5.91 Å². The van der Waals surface area contributed by atoms with Gasteiger partial charge in [-0.1, -0.05) is 19.1 Å². The number of fused-ring (bicyclic) bond motifs is 1. The Bertz CT molecular complexity index is 428. The molecule has 0 fully saturated rings. The first-order chi connectivity index (χ1) is 8.17. The molecule has 1 unspecified atom stereocenters. The van der Waals surface area contributed by atoms with Crippen LogP contribution in [-0.4, -0.2) is 17.6 Å². The SMILES string of the molecule is CCC(O)c1ccc2c(c1)CCC(=O)N2CC. The van der Waals surface area contributed by atoms with Gasteiger partial charge in [0.05, 0.1) is 6.10 Å². The van der Waals surface area contributed by atoms with E-state index in [4.69, 9.17) is 0 Å². The van der Waals surface area contributed by atoms with E-state index in [2.05, 4.69) is 0 Å². The zero-order valence-corrected chi connectivity index (χ0v) is 10.4. The second-order valence-corrected chi connectivity index (χ2v) is 4.45. The fourth-order valence-electron chi connectivity index (χ4n) is 2.37. The fourth-order valence-corrected chi connectivity index (χ4v) is 2.37. The third-order valence-corrected chi connectivity index (χ3v) is 3.39. The summed E-state index contributed by atoms with van der Waals surface area (Å²) in [6.45, 7) is 4.66. The second kappa shape index (κ2) is 4.88. The van der Waals surface area contributed by atoms with Crippen LogP contribution in [0.2, 0.25) is 0 Å². The molecule has 0 saturated heterocycles. The first kappa shape index (κ1) is 12.1. The maximum Gasteiger partial charge on any atom is 0.227 e. The topological polar surface area (TPSA) is 40.5 Å². The molecule has 0 saturated carbocycles. The van der Waals surface area contributed by atoms with Crippen molar-refractivity contribution in [2.24, 2.45) is 0 Å². The number of carbonyl (C=O) groups excluding carboxylic acids is 1. The first-order valence-electron chi connectivity index (χ1n) is 6.28. The molecule has 3 nitrogen and oxygen atoms in total. The Labute approximate surface area is 102 Å². The third-order valence-electron chi connectivity index (χ3n) is 3.39. The van der Waals surface area contributed by atoms with E-state index in [0.29, 0.717) is 13.0 Å². The van der Waals surface area contributed by atoms with Gasteiger partial charge >= 0.3 is 0 Å². The molecule has 1 aliphatic rings. The summed E-state index contributed by atoms with van der Waals surface area (Å²) in [5.74, 6) is 0.198. The highest BCUT2D eigenvalue weighted by Gasteiger charge is 2.23. The van der Waals surface area contributed by atoms with Crippen LogP contribution in [0.4, 0.5) is 5.69 Å². The van der Waals surface area contributed by atoms with E-state index in [1.807, 2.05) is 36.9 Å². The Morgan fingerprint density at radius 3 is 2.76 bits per heavy atom.